The molecule has 3 atom stereocenters. The molecular weight excluding hydrogens is 362 g/mol. The maximum atomic E-state index is 11.7. The number of nitrogens with one attached hydrogen (secondary N) is 2. The Bertz CT molecular complexity index is 710. The molecule has 1 aromatic rings. The monoisotopic (exact) mass is 389 g/mol. The molecule has 3 aliphatic rings. The molecule has 9 nitrogen and oxygen atoms in total. The van der Waals surface area contributed by atoms with Gasteiger partial charge in [-0.25, -0.2) is 15.4 Å². The fraction of sp³-hybridized carbons (Fsp3) is 0.684. The molecule has 0 spiro atoms. The van der Waals surface area contributed by atoms with E-state index in [9.17, 15) is 14.7 Å². The fourth-order valence-corrected chi connectivity index (χ4v) is 4.97. The van der Waals surface area contributed by atoms with Crippen LogP contribution in [0.3, 0.4) is 0 Å². The van der Waals surface area contributed by atoms with Gasteiger partial charge in [0.2, 0.25) is 5.95 Å². The largest absolute Gasteiger partial charge is 0.480 e. The number of carbonyl (C=O) groups is 2. The zero-order valence-electron chi connectivity index (χ0n) is 15.8. The maximum Gasteiger partial charge on any atom is 0.320 e. The van der Waals surface area contributed by atoms with Crippen LogP contribution in [0.2, 0.25) is 0 Å². The van der Waals surface area contributed by atoms with Crippen LogP contribution in [-0.2, 0) is 4.79 Å². The molecule has 4 rings (SSSR count). The first-order valence-electron chi connectivity index (χ1n) is 10.1. The van der Waals surface area contributed by atoms with Gasteiger partial charge < -0.3 is 15.3 Å². The average Bonchev–Trinajstić information content (AvgIpc) is 3.17. The van der Waals surface area contributed by atoms with Crippen molar-refractivity contribution in [1.82, 2.24) is 20.8 Å². The number of amides is 1. The molecule has 0 aromatic carbocycles. The van der Waals surface area contributed by atoms with Crippen LogP contribution < -0.4 is 15.7 Å². The lowest BCUT2D eigenvalue weighted by Crippen LogP contribution is -2.45. The molecule has 152 valence electrons. The summed E-state index contributed by atoms with van der Waals surface area (Å²) in [6.07, 6.45) is 8.32. The topological polar surface area (TPSA) is 128 Å². The van der Waals surface area contributed by atoms with Gasteiger partial charge in [-0.05, 0) is 43.1 Å². The van der Waals surface area contributed by atoms with E-state index in [0.717, 1.165) is 45.3 Å². The van der Waals surface area contributed by atoms with Crippen molar-refractivity contribution in [3.63, 3.8) is 0 Å². The Hall–Kier alpha value is -2.26. The number of piperidine rings is 1. The van der Waals surface area contributed by atoms with Crippen LogP contribution in [0.25, 0.3) is 0 Å². The predicted molar refractivity (Wildman–Crippen MR) is 100.0 cm³/mol. The number of hydrogen-bond acceptors (Lipinski definition) is 7. The maximum absolute atomic E-state index is 11.7. The number of anilines is 1. The second-order valence-electron chi connectivity index (χ2n) is 8.23. The summed E-state index contributed by atoms with van der Waals surface area (Å²) in [5.41, 5.74) is 1.77. The molecule has 2 unspecified atom stereocenters. The van der Waals surface area contributed by atoms with Gasteiger partial charge in [0.1, 0.15) is 6.04 Å². The van der Waals surface area contributed by atoms with Crippen molar-refractivity contribution in [2.24, 2.45) is 23.7 Å². The highest BCUT2D eigenvalue weighted by atomic mass is 16.5. The van der Waals surface area contributed by atoms with Crippen LogP contribution in [0.4, 0.5) is 5.95 Å². The van der Waals surface area contributed by atoms with Gasteiger partial charge in [0.05, 0.1) is 5.56 Å². The molecule has 9 heteroatoms. The van der Waals surface area contributed by atoms with Crippen molar-refractivity contribution in [3.8, 4) is 0 Å². The number of rotatable bonds is 7. The van der Waals surface area contributed by atoms with E-state index in [0.29, 0.717) is 23.7 Å². The van der Waals surface area contributed by atoms with Gasteiger partial charge in [-0.15, -0.1) is 0 Å². The first kappa shape index (κ1) is 19.1. The zero-order chi connectivity index (χ0) is 19.7. The van der Waals surface area contributed by atoms with Crippen molar-refractivity contribution in [3.05, 3.63) is 18.0 Å². The first-order chi connectivity index (χ1) is 13.6. The molecular formula is C19H27N5O4. The molecule has 2 saturated carbocycles. The molecule has 4 N–H and O–H groups in total. The number of hydroxylamine groups is 1. The fourth-order valence-electron chi connectivity index (χ4n) is 4.97. The molecule has 2 aliphatic carbocycles. The van der Waals surface area contributed by atoms with Crippen LogP contribution in [0.15, 0.2) is 12.4 Å². The Morgan fingerprint density at radius 1 is 1.14 bits per heavy atom. The summed E-state index contributed by atoms with van der Waals surface area (Å²) in [5.74, 6) is 1.08. The Morgan fingerprint density at radius 3 is 2.36 bits per heavy atom. The summed E-state index contributed by atoms with van der Waals surface area (Å²) in [4.78, 5) is 33.6. The van der Waals surface area contributed by atoms with Crippen molar-refractivity contribution < 1.29 is 19.9 Å². The Morgan fingerprint density at radius 2 is 1.79 bits per heavy atom. The third kappa shape index (κ3) is 3.81. The van der Waals surface area contributed by atoms with Gasteiger partial charge in [-0.1, -0.05) is 19.3 Å². The number of nitrogens with zero attached hydrogens (tertiary/aromatic N) is 3. The van der Waals surface area contributed by atoms with Crippen LogP contribution in [0.5, 0.6) is 0 Å². The lowest BCUT2D eigenvalue weighted by molar-refractivity contribution is -0.141. The van der Waals surface area contributed by atoms with E-state index in [1.54, 1.807) is 5.48 Å². The number of hydrogen-bond donors (Lipinski definition) is 4. The van der Waals surface area contributed by atoms with Crippen molar-refractivity contribution >= 4 is 17.8 Å². The standard InChI is InChI=1S/C19H27N5O4/c25-17(23-28)12-6-21-19(22-7-12)24-9-14-13(15(14)10-24)8-20-16(18(26)27)11-4-2-1-3-5-11/h6-7,11,13-16,20,28H,1-5,8-10H2,(H,23,25)(H,26,27)/t13?,14?,15?,16-/m0/s1. The summed E-state index contributed by atoms with van der Waals surface area (Å²) in [6.45, 7) is 2.46. The highest BCUT2D eigenvalue weighted by molar-refractivity contribution is 5.92. The van der Waals surface area contributed by atoms with Crippen LogP contribution >= 0.6 is 0 Å². The van der Waals surface area contributed by atoms with E-state index < -0.39 is 17.9 Å². The van der Waals surface area contributed by atoms with Crippen LogP contribution in [-0.4, -0.2) is 57.8 Å². The van der Waals surface area contributed by atoms with Crippen molar-refractivity contribution in [1.29, 1.82) is 0 Å². The summed E-state index contributed by atoms with van der Waals surface area (Å²) in [7, 11) is 0. The molecule has 0 bridgehead atoms. The molecule has 1 saturated heterocycles. The SMILES string of the molecule is O=C(NO)c1cnc(N2CC3C(CN[C@H](C(=O)O)C4CCCCC4)C3C2)nc1. The number of carboxylic acid groups (broad SMARTS) is 1. The summed E-state index contributed by atoms with van der Waals surface area (Å²) in [6, 6.07) is -0.425. The zero-order valence-corrected chi connectivity index (χ0v) is 15.8. The number of carbonyl (C=O) groups excluding carboxylic acids is 1. The molecule has 2 heterocycles. The Kier molecular flexibility index (Phi) is 5.45. The lowest BCUT2D eigenvalue weighted by Gasteiger charge is -2.28. The van der Waals surface area contributed by atoms with E-state index in [2.05, 4.69) is 20.2 Å². The van der Waals surface area contributed by atoms with E-state index in [1.807, 2.05) is 0 Å². The summed E-state index contributed by atoms with van der Waals surface area (Å²) >= 11 is 0. The van der Waals surface area contributed by atoms with Gasteiger partial charge in [0, 0.05) is 25.5 Å². The first-order valence-corrected chi connectivity index (χ1v) is 10.1. The molecule has 1 aromatic heterocycles. The highest BCUT2D eigenvalue weighted by Crippen LogP contribution is 2.51. The summed E-state index contributed by atoms with van der Waals surface area (Å²) in [5, 5.41) is 21.6. The second kappa shape index (κ2) is 8.00. The quantitative estimate of drug-likeness (QED) is 0.400. The van der Waals surface area contributed by atoms with Crippen molar-refractivity contribution in [2.75, 3.05) is 24.5 Å². The number of aliphatic carboxylic acids is 1. The molecule has 3 fully saturated rings. The predicted octanol–water partition coefficient (Wildman–Crippen LogP) is 0.901. The van der Waals surface area contributed by atoms with Gasteiger partial charge in [-0.2, -0.15) is 0 Å². The minimum atomic E-state index is -0.722. The van der Waals surface area contributed by atoms with Gasteiger partial charge >= 0.3 is 5.97 Å². The minimum absolute atomic E-state index is 0.208. The van der Waals surface area contributed by atoms with Crippen LogP contribution in [0, 0.1) is 23.7 Å². The molecule has 28 heavy (non-hydrogen) atoms. The lowest BCUT2D eigenvalue weighted by atomic mass is 9.84. The van der Waals surface area contributed by atoms with E-state index >= 15 is 0 Å². The Balaban J connectivity index is 1.26. The third-order valence-corrected chi connectivity index (χ3v) is 6.62. The van der Waals surface area contributed by atoms with Crippen LogP contribution in [0.1, 0.15) is 42.5 Å². The minimum Gasteiger partial charge on any atom is -0.480 e. The smallest absolute Gasteiger partial charge is 0.320 e. The average molecular weight is 389 g/mol. The second-order valence-corrected chi connectivity index (χ2v) is 8.23. The van der Waals surface area contributed by atoms with Gasteiger partial charge in [0.25, 0.3) is 5.91 Å². The number of aromatic nitrogens is 2. The van der Waals surface area contributed by atoms with Crippen molar-refractivity contribution in [2.45, 2.75) is 38.1 Å². The van der Waals surface area contributed by atoms with E-state index in [1.165, 1.54) is 18.8 Å². The molecule has 1 amide bonds. The van der Waals surface area contributed by atoms with E-state index in [-0.39, 0.29) is 11.5 Å². The molecule has 1 aliphatic heterocycles. The highest BCUT2D eigenvalue weighted by Gasteiger charge is 2.56. The molecule has 0 radical (unpaired) electrons. The van der Waals surface area contributed by atoms with E-state index in [4.69, 9.17) is 5.21 Å². The third-order valence-electron chi connectivity index (χ3n) is 6.62. The van der Waals surface area contributed by atoms with Gasteiger partial charge in [-0.3, -0.25) is 14.8 Å². The number of carboxylic acids is 1. The van der Waals surface area contributed by atoms with Gasteiger partial charge in [0.15, 0.2) is 0 Å². The Labute approximate surface area is 163 Å². The summed E-state index contributed by atoms with van der Waals surface area (Å²) < 4.78 is 0. The normalized spacial score (nSPS) is 27.9. The number of fused-ring (bicyclic) bond motifs is 1.